The fraction of sp³-hybridized carbons (Fsp3) is 0.235. The molecule has 25 heavy (non-hydrogen) atoms. The van der Waals surface area contributed by atoms with Gasteiger partial charge < -0.3 is 19.5 Å². The van der Waals surface area contributed by atoms with Crippen LogP contribution in [0.1, 0.15) is 12.5 Å². The van der Waals surface area contributed by atoms with Gasteiger partial charge in [0.2, 0.25) is 0 Å². The number of nitrogens with one attached hydrogen (secondary N) is 1. The maximum atomic E-state index is 11.2. The van der Waals surface area contributed by atoms with E-state index in [0.717, 1.165) is 22.5 Å². The number of ether oxygens (including phenoxy) is 3. The van der Waals surface area contributed by atoms with Crippen LogP contribution in [0.4, 0.5) is 11.5 Å². The zero-order valence-electron chi connectivity index (χ0n) is 13.8. The monoisotopic (exact) mass is 340 g/mol. The largest absolute Gasteiger partial charge is 0.486 e. The Morgan fingerprint density at radius 2 is 2.08 bits per heavy atom. The second kappa shape index (κ2) is 5.97. The van der Waals surface area contributed by atoms with Gasteiger partial charge in [-0.2, -0.15) is 5.10 Å². The molecule has 1 N–H and O–H groups in total. The Kier molecular flexibility index (Phi) is 3.64. The molecular weight excluding hydrogens is 324 g/mol. The van der Waals surface area contributed by atoms with Gasteiger partial charge in [0.15, 0.2) is 23.1 Å². The van der Waals surface area contributed by atoms with Crippen molar-refractivity contribution in [1.29, 1.82) is 0 Å². The van der Waals surface area contributed by atoms with E-state index in [0.29, 0.717) is 30.5 Å². The highest BCUT2D eigenvalue weighted by Crippen LogP contribution is 2.35. The molecule has 8 nitrogen and oxygen atoms in total. The summed E-state index contributed by atoms with van der Waals surface area (Å²) in [5, 5.41) is 7.43. The Morgan fingerprint density at radius 1 is 1.28 bits per heavy atom. The number of aryl methyl sites for hydroxylation is 1. The maximum absolute atomic E-state index is 11.2. The summed E-state index contributed by atoms with van der Waals surface area (Å²) in [6.07, 6.45) is 3.09. The highest BCUT2D eigenvalue weighted by Gasteiger charge is 2.16. The van der Waals surface area contributed by atoms with E-state index in [9.17, 15) is 4.79 Å². The summed E-state index contributed by atoms with van der Waals surface area (Å²) < 4.78 is 18.0. The first-order valence-corrected chi connectivity index (χ1v) is 7.80. The number of anilines is 2. The summed E-state index contributed by atoms with van der Waals surface area (Å²) in [5.41, 5.74) is 2.31. The second-order valence-corrected chi connectivity index (χ2v) is 5.60. The van der Waals surface area contributed by atoms with Crippen molar-refractivity contribution in [3.63, 3.8) is 0 Å². The third-order valence-corrected chi connectivity index (χ3v) is 3.84. The van der Waals surface area contributed by atoms with Crippen molar-refractivity contribution in [3.05, 3.63) is 36.3 Å². The van der Waals surface area contributed by atoms with Gasteiger partial charge in [0.1, 0.15) is 25.1 Å². The van der Waals surface area contributed by atoms with Crippen molar-refractivity contribution in [2.45, 2.75) is 13.8 Å². The Hall–Kier alpha value is -3.29. The van der Waals surface area contributed by atoms with Gasteiger partial charge in [-0.15, -0.1) is 0 Å². The lowest BCUT2D eigenvalue weighted by molar-refractivity contribution is -0.131. The van der Waals surface area contributed by atoms with Gasteiger partial charge in [0, 0.05) is 24.2 Å². The molecule has 2 aromatic heterocycles. The summed E-state index contributed by atoms with van der Waals surface area (Å²) >= 11 is 0. The van der Waals surface area contributed by atoms with Crippen LogP contribution < -0.4 is 19.5 Å². The Bertz CT molecular complexity index is 967. The van der Waals surface area contributed by atoms with Gasteiger partial charge in [-0.1, -0.05) is 0 Å². The number of carbonyl (C=O) groups excluding carboxylic acids is 1. The normalized spacial score (nSPS) is 12.9. The van der Waals surface area contributed by atoms with Crippen LogP contribution in [-0.2, 0) is 4.79 Å². The fourth-order valence-corrected chi connectivity index (χ4v) is 2.75. The molecule has 0 fully saturated rings. The topological polar surface area (TPSA) is 87.0 Å². The molecule has 3 aromatic rings. The van der Waals surface area contributed by atoms with Crippen molar-refractivity contribution >= 4 is 23.0 Å². The molecule has 3 heterocycles. The van der Waals surface area contributed by atoms with Gasteiger partial charge in [-0.25, -0.2) is 9.50 Å². The average molecular weight is 340 g/mol. The highest BCUT2D eigenvalue weighted by atomic mass is 16.6. The first-order valence-electron chi connectivity index (χ1n) is 7.80. The zero-order valence-corrected chi connectivity index (χ0v) is 13.8. The molecule has 0 spiro atoms. The van der Waals surface area contributed by atoms with Gasteiger partial charge in [0.05, 0.1) is 6.20 Å². The maximum Gasteiger partial charge on any atom is 0.308 e. The van der Waals surface area contributed by atoms with Crippen molar-refractivity contribution in [2.24, 2.45) is 0 Å². The van der Waals surface area contributed by atoms with Gasteiger partial charge in [0.25, 0.3) is 0 Å². The lowest BCUT2D eigenvalue weighted by Gasteiger charge is -2.19. The second-order valence-electron chi connectivity index (χ2n) is 5.60. The van der Waals surface area contributed by atoms with Crippen molar-refractivity contribution in [3.8, 4) is 17.2 Å². The molecule has 1 aliphatic heterocycles. The molecular formula is C17H16N4O4. The van der Waals surface area contributed by atoms with E-state index in [1.807, 2.05) is 25.1 Å². The fourth-order valence-electron chi connectivity index (χ4n) is 2.75. The van der Waals surface area contributed by atoms with Gasteiger partial charge >= 0.3 is 5.97 Å². The van der Waals surface area contributed by atoms with Crippen LogP contribution in [0.2, 0.25) is 0 Å². The number of aromatic nitrogens is 3. The number of benzene rings is 1. The number of rotatable bonds is 3. The van der Waals surface area contributed by atoms with E-state index < -0.39 is 0 Å². The van der Waals surface area contributed by atoms with Crippen LogP contribution in [0.3, 0.4) is 0 Å². The molecule has 1 aliphatic rings. The molecule has 128 valence electrons. The van der Waals surface area contributed by atoms with Crippen LogP contribution in [-0.4, -0.2) is 33.8 Å². The quantitative estimate of drug-likeness (QED) is 0.733. The molecule has 0 bridgehead atoms. The Balaban J connectivity index is 1.72. The summed E-state index contributed by atoms with van der Waals surface area (Å²) in [6, 6.07) is 5.60. The summed E-state index contributed by atoms with van der Waals surface area (Å²) in [6.45, 7) is 4.29. The molecule has 4 rings (SSSR count). The number of hydrogen-bond acceptors (Lipinski definition) is 7. The van der Waals surface area contributed by atoms with E-state index in [1.165, 1.54) is 13.3 Å². The lowest BCUT2D eigenvalue weighted by atomic mass is 10.2. The molecule has 1 aromatic carbocycles. The summed E-state index contributed by atoms with van der Waals surface area (Å²) in [5.74, 6) is 2.09. The minimum atomic E-state index is -0.381. The lowest BCUT2D eigenvalue weighted by Crippen LogP contribution is -2.15. The number of nitrogens with zero attached hydrogens (tertiary/aromatic N) is 3. The predicted octanol–water partition coefficient (Wildman–Crippen LogP) is 2.48. The SMILES string of the molecule is CC(=O)Oc1cn2ncnc(Nc3ccc4c(c3)OCCO4)c2c1C. The van der Waals surface area contributed by atoms with E-state index in [4.69, 9.17) is 14.2 Å². The van der Waals surface area contributed by atoms with E-state index >= 15 is 0 Å². The first kappa shape index (κ1) is 15.3. The van der Waals surface area contributed by atoms with Crippen molar-refractivity contribution in [1.82, 2.24) is 14.6 Å². The minimum Gasteiger partial charge on any atom is -0.486 e. The Morgan fingerprint density at radius 3 is 2.88 bits per heavy atom. The van der Waals surface area contributed by atoms with Gasteiger partial charge in [-0.05, 0) is 19.1 Å². The molecule has 0 saturated carbocycles. The molecule has 0 radical (unpaired) electrons. The molecule has 0 aliphatic carbocycles. The van der Waals surface area contributed by atoms with Crippen LogP contribution in [0.25, 0.3) is 5.52 Å². The number of esters is 1. The third-order valence-electron chi connectivity index (χ3n) is 3.84. The minimum absolute atomic E-state index is 0.381. The summed E-state index contributed by atoms with van der Waals surface area (Å²) in [4.78, 5) is 15.6. The third kappa shape index (κ3) is 2.82. The smallest absolute Gasteiger partial charge is 0.308 e. The molecule has 8 heteroatoms. The molecule has 0 saturated heterocycles. The van der Waals surface area contributed by atoms with Crippen LogP contribution >= 0.6 is 0 Å². The van der Waals surface area contributed by atoms with Crippen LogP contribution in [0.15, 0.2) is 30.7 Å². The van der Waals surface area contributed by atoms with Crippen LogP contribution in [0.5, 0.6) is 17.2 Å². The standard InChI is InChI=1S/C17H16N4O4/c1-10-15(25-11(2)22)8-21-16(10)17(18-9-19-21)20-12-3-4-13-14(7-12)24-6-5-23-13/h3-4,7-9H,5-6H2,1-2H3,(H,18,19,20). The van der Waals surface area contributed by atoms with Crippen molar-refractivity contribution in [2.75, 3.05) is 18.5 Å². The van der Waals surface area contributed by atoms with E-state index in [-0.39, 0.29) is 5.97 Å². The number of fused-ring (bicyclic) bond motifs is 2. The molecule has 0 unspecified atom stereocenters. The predicted molar refractivity (Wildman–Crippen MR) is 89.7 cm³/mol. The molecule has 0 atom stereocenters. The summed E-state index contributed by atoms with van der Waals surface area (Å²) in [7, 11) is 0. The number of carbonyl (C=O) groups is 1. The van der Waals surface area contributed by atoms with E-state index in [2.05, 4.69) is 15.4 Å². The number of hydrogen-bond donors (Lipinski definition) is 1. The van der Waals surface area contributed by atoms with E-state index in [1.54, 1.807) is 10.7 Å². The zero-order chi connectivity index (χ0) is 17.4. The van der Waals surface area contributed by atoms with Gasteiger partial charge in [-0.3, -0.25) is 4.79 Å². The van der Waals surface area contributed by atoms with Crippen molar-refractivity contribution < 1.29 is 19.0 Å². The molecule has 0 amide bonds. The average Bonchev–Trinajstić information content (AvgIpc) is 2.91. The first-order chi connectivity index (χ1) is 12.1. The highest BCUT2D eigenvalue weighted by molar-refractivity contribution is 5.80. The Labute approximate surface area is 143 Å². The van der Waals surface area contributed by atoms with Crippen LogP contribution in [0, 0.1) is 6.92 Å².